The van der Waals surface area contributed by atoms with E-state index in [0.29, 0.717) is 5.57 Å². The van der Waals surface area contributed by atoms with Crippen molar-refractivity contribution in [3.8, 4) is 0 Å². The molecule has 0 bridgehead atoms. The highest BCUT2D eigenvalue weighted by atomic mass is 16.2. The molecule has 1 aromatic heterocycles. The fraction of sp³-hybridized carbons (Fsp3) is 0.263. The van der Waals surface area contributed by atoms with Crippen molar-refractivity contribution in [2.45, 2.75) is 34.2 Å². The van der Waals surface area contributed by atoms with Crippen LogP contribution in [0.15, 0.2) is 47.1 Å². The summed E-state index contributed by atoms with van der Waals surface area (Å²) in [5.41, 5.74) is 5.66. The molecule has 0 saturated heterocycles. The van der Waals surface area contributed by atoms with E-state index < -0.39 is 0 Å². The van der Waals surface area contributed by atoms with Gasteiger partial charge in [0.05, 0.1) is 17.0 Å². The number of hydrogen-bond acceptors (Lipinski definition) is 2. The quantitative estimate of drug-likeness (QED) is 0.792. The molecule has 0 N–H and O–H groups in total. The van der Waals surface area contributed by atoms with E-state index >= 15 is 0 Å². The van der Waals surface area contributed by atoms with Crippen LogP contribution in [0.1, 0.15) is 30.8 Å². The van der Waals surface area contributed by atoms with E-state index in [0.717, 1.165) is 23.5 Å². The minimum absolute atomic E-state index is 0.0741. The van der Waals surface area contributed by atoms with Crippen LogP contribution in [0.25, 0.3) is 6.08 Å². The minimum atomic E-state index is -0.0741. The van der Waals surface area contributed by atoms with E-state index in [1.165, 1.54) is 16.4 Å². The van der Waals surface area contributed by atoms with Crippen LogP contribution >= 0.6 is 0 Å². The highest BCUT2D eigenvalue weighted by Crippen LogP contribution is 2.26. The molecule has 4 heteroatoms. The fourth-order valence-corrected chi connectivity index (χ4v) is 3.04. The van der Waals surface area contributed by atoms with Crippen LogP contribution in [-0.4, -0.2) is 16.2 Å². The number of carbonyl (C=O) groups excluding carboxylic acids is 1. The van der Waals surface area contributed by atoms with Crippen LogP contribution in [0.5, 0.6) is 0 Å². The molecule has 2 aromatic rings. The Morgan fingerprint density at radius 1 is 1.13 bits per heavy atom. The molecule has 0 radical (unpaired) electrons. The largest absolute Gasteiger partial charge is 0.349 e. The van der Waals surface area contributed by atoms with Crippen LogP contribution in [-0.2, 0) is 11.3 Å². The first-order chi connectivity index (χ1) is 11.0. The van der Waals surface area contributed by atoms with Crippen molar-refractivity contribution in [2.24, 2.45) is 5.10 Å². The smallest absolute Gasteiger partial charge is 0.280 e. The van der Waals surface area contributed by atoms with Crippen LogP contribution in [0, 0.1) is 13.8 Å². The van der Waals surface area contributed by atoms with Crippen molar-refractivity contribution in [1.82, 2.24) is 4.57 Å². The number of carbonyl (C=O) groups is 1. The first-order valence-electron chi connectivity index (χ1n) is 7.86. The van der Waals surface area contributed by atoms with Gasteiger partial charge in [0, 0.05) is 17.9 Å². The van der Waals surface area contributed by atoms with Crippen molar-refractivity contribution in [1.29, 1.82) is 0 Å². The number of nitrogens with zero attached hydrogens (tertiary/aromatic N) is 3. The first-order valence-corrected chi connectivity index (χ1v) is 7.86. The molecule has 118 valence electrons. The molecule has 3 rings (SSSR count). The summed E-state index contributed by atoms with van der Waals surface area (Å²) in [4.78, 5) is 12.7. The molecular weight excluding hydrogens is 286 g/mol. The van der Waals surface area contributed by atoms with Crippen molar-refractivity contribution < 1.29 is 4.79 Å². The molecule has 0 fully saturated rings. The summed E-state index contributed by atoms with van der Waals surface area (Å²) in [7, 11) is 0. The lowest BCUT2D eigenvalue weighted by Gasteiger charge is -2.11. The van der Waals surface area contributed by atoms with Gasteiger partial charge in [0.15, 0.2) is 0 Å². The number of amides is 1. The van der Waals surface area contributed by atoms with E-state index in [-0.39, 0.29) is 5.91 Å². The molecule has 0 atom stereocenters. The van der Waals surface area contributed by atoms with Gasteiger partial charge in [-0.15, -0.1) is 0 Å². The lowest BCUT2D eigenvalue weighted by molar-refractivity contribution is -0.114. The zero-order valence-corrected chi connectivity index (χ0v) is 14.0. The molecule has 1 aliphatic rings. The van der Waals surface area contributed by atoms with Crippen LogP contribution in [0.3, 0.4) is 0 Å². The molecular formula is C19H21N3O. The molecule has 0 saturated carbocycles. The van der Waals surface area contributed by atoms with Gasteiger partial charge in [0.25, 0.3) is 5.91 Å². The van der Waals surface area contributed by atoms with Crippen molar-refractivity contribution >= 4 is 23.4 Å². The Bertz CT molecular complexity index is 813. The monoisotopic (exact) mass is 307 g/mol. The Labute approximate surface area is 136 Å². The Hall–Kier alpha value is -2.62. The van der Waals surface area contributed by atoms with Crippen LogP contribution in [0.4, 0.5) is 5.69 Å². The third-order valence-corrected chi connectivity index (χ3v) is 4.29. The summed E-state index contributed by atoms with van der Waals surface area (Å²) in [5, 5.41) is 5.89. The van der Waals surface area contributed by atoms with Crippen molar-refractivity contribution in [2.75, 3.05) is 5.01 Å². The lowest BCUT2D eigenvalue weighted by atomic mass is 10.1. The van der Waals surface area contributed by atoms with Crippen molar-refractivity contribution in [3.63, 3.8) is 0 Å². The third kappa shape index (κ3) is 2.61. The Kier molecular flexibility index (Phi) is 3.90. The van der Waals surface area contributed by atoms with Gasteiger partial charge >= 0.3 is 0 Å². The number of hydrogen-bond donors (Lipinski definition) is 0. The molecule has 2 heterocycles. The summed E-state index contributed by atoms with van der Waals surface area (Å²) in [6, 6.07) is 11.6. The molecule has 1 aromatic carbocycles. The lowest BCUT2D eigenvalue weighted by Crippen LogP contribution is -2.21. The SMILES string of the molecule is CCn1c(C)cc(/C=C2\C(=O)N(c3ccccc3)N=C2C)c1C. The molecule has 1 amide bonds. The summed E-state index contributed by atoms with van der Waals surface area (Å²) < 4.78 is 2.24. The van der Waals surface area contributed by atoms with Crippen LogP contribution in [0.2, 0.25) is 0 Å². The van der Waals surface area contributed by atoms with Gasteiger partial charge in [-0.3, -0.25) is 4.79 Å². The summed E-state index contributed by atoms with van der Waals surface area (Å²) in [5.74, 6) is -0.0741. The zero-order chi connectivity index (χ0) is 16.6. The predicted molar refractivity (Wildman–Crippen MR) is 94.6 cm³/mol. The summed E-state index contributed by atoms with van der Waals surface area (Å²) in [6.45, 7) is 9.11. The third-order valence-electron chi connectivity index (χ3n) is 4.29. The van der Waals surface area contributed by atoms with E-state index in [2.05, 4.69) is 36.5 Å². The number of benzene rings is 1. The maximum absolute atomic E-state index is 12.7. The second-order valence-electron chi connectivity index (χ2n) is 5.77. The van der Waals surface area contributed by atoms with Gasteiger partial charge in [-0.2, -0.15) is 10.1 Å². The zero-order valence-electron chi connectivity index (χ0n) is 14.0. The number of aromatic nitrogens is 1. The molecule has 0 aliphatic carbocycles. The maximum Gasteiger partial charge on any atom is 0.280 e. The van der Waals surface area contributed by atoms with E-state index in [9.17, 15) is 4.79 Å². The predicted octanol–water partition coefficient (Wildman–Crippen LogP) is 3.93. The average Bonchev–Trinajstić information content (AvgIpc) is 2.98. The Balaban J connectivity index is 1.99. The number of aryl methyl sites for hydroxylation is 1. The number of para-hydroxylation sites is 1. The highest BCUT2D eigenvalue weighted by Gasteiger charge is 2.28. The topological polar surface area (TPSA) is 37.6 Å². The summed E-state index contributed by atoms with van der Waals surface area (Å²) >= 11 is 0. The number of hydrazone groups is 1. The standard InChI is InChI=1S/C19H21N3O/c1-5-21-13(2)11-16(15(21)4)12-18-14(3)20-22(19(18)23)17-9-7-6-8-10-17/h6-12H,5H2,1-4H3/b18-12-. The van der Waals surface area contributed by atoms with Gasteiger partial charge in [0.1, 0.15) is 0 Å². The second kappa shape index (κ2) is 5.88. The molecule has 4 nitrogen and oxygen atoms in total. The Morgan fingerprint density at radius 2 is 1.83 bits per heavy atom. The minimum Gasteiger partial charge on any atom is -0.349 e. The van der Waals surface area contributed by atoms with E-state index in [1.807, 2.05) is 43.3 Å². The van der Waals surface area contributed by atoms with Gasteiger partial charge in [-0.25, -0.2) is 0 Å². The highest BCUT2D eigenvalue weighted by molar-refractivity contribution is 6.32. The average molecular weight is 307 g/mol. The fourth-order valence-electron chi connectivity index (χ4n) is 3.04. The first kappa shape index (κ1) is 15.3. The van der Waals surface area contributed by atoms with Crippen LogP contribution < -0.4 is 5.01 Å². The molecule has 23 heavy (non-hydrogen) atoms. The van der Waals surface area contributed by atoms with Gasteiger partial charge in [-0.05, 0) is 57.5 Å². The van der Waals surface area contributed by atoms with E-state index in [4.69, 9.17) is 0 Å². The maximum atomic E-state index is 12.7. The van der Waals surface area contributed by atoms with Gasteiger partial charge in [-0.1, -0.05) is 18.2 Å². The van der Waals surface area contributed by atoms with Gasteiger partial charge < -0.3 is 4.57 Å². The number of rotatable bonds is 3. The van der Waals surface area contributed by atoms with Crippen molar-refractivity contribution in [3.05, 3.63) is 58.9 Å². The van der Waals surface area contributed by atoms with E-state index in [1.54, 1.807) is 0 Å². The summed E-state index contributed by atoms with van der Waals surface area (Å²) in [6.07, 6.45) is 1.96. The Morgan fingerprint density at radius 3 is 2.43 bits per heavy atom. The molecule has 0 spiro atoms. The molecule has 1 aliphatic heterocycles. The second-order valence-corrected chi connectivity index (χ2v) is 5.77. The molecule has 0 unspecified atom stereocenters. The van der Waals surface area contributed by atoms with Gasteiger partial charge in [0.2, 0.25) is 0 Å². The normalized spacial score (nSPS) is 16.3. The number of anilines is 1.